The molecule has 0 aromatic carbocycles. The van der Waals surface area contributed by atoms with Crippen molar-refractivity contribution in [2.45, 2.75) is 26.6 Å². The third-order valence-corrected chi connectivity index (χ3v) is 1.43. The van der Waals surface area contributed by atoms with Crippen molar-refractivity contribution in [3.8, 4) is 0 Å². The van der Waals surface area contributed by atoms with E-state index in [4.69, 9.17) is 5.11 Å². The lowest BCUT2D eigenvalue weighted by molar-refractivity contribution is -0.183. The highest BCUT2D eigenvalue weighted by atomic mass is 16.8. The summed E-state index contributed by atoms with van der Waals surface area (Å²) >= 11 is 0. The van der Waals surface area contributed by atoms with Gasteiger partial charge in [0.05, 0.1) is 0 Å². The van der Waals surface area contributed by atoms with Crippen LogP contribution < -0.4 is 0 Å². The van der Waals surface area contributed by atoms with Crippen LogP contribution in [0.25, 0.3) is 0 Å². The maximum atomic E-state index is 11.0. The molecule has 1 unspecified atom stereocenters. The van der Waals surface area contributed by atoms with Crippen molar-refractivity contribution in [2.24, 2.45) is 5.16 Å². The van der Waals surface area contributed by atoms with E-state index in [-0.39, 0.29) is 11.5 Å². The molecule has 6 nitrogen and oxygen atoms in total. The van der Waals surface area contributed by atoms with E-state index in [1.807, 2.05) is 0 Å². The smallest absolute Gasteiger partial charge is 0.376 e. The normalized spacial score (nSPS) is 13.5. The minimum absolute atomic E-state index is 0.121. The van der Waals surface area contributed by atoms with Crippen molar-refractivity contribution in [3.05, 3.63) is 0 Å². The lowest BCUT2D eigenvalue weighted by atomic mass is 10.2. The van der Waals surface area contributed by atoms with Gasteiger partial charge in [-0.05, 0) is 6.92 Å². The predicted molar refractivity (Wildman–Crippen MR) is 47.9 cm³/mol. The summed E-state index contributed by atoms with van der Waals surface area (Å²) in [6.45, 7) is 3.12. The number of aliphatic carboxylic acids is 1. The fourth-order valence-corrected chi connectivity index (χ4v) is 0.623. The molecule has 0 amide bonds. The highest BCUT2D eigenvalue weighted by Gasteiger charge is 2.18. The van der Waals surface area contributed by atoms with Crippen LogP contribution in [-0.2, 0) is 19.2 Å². The van der Waals surface area contributed by atoms with Crippen molar-refractivity contribution in [1.29, 1.82) is 0 Å². The van der Waals surface area contributed by atoms with Crippen LogP contribution in [0.4, 0.5) is 0 Å². The number of carboxylic acids is 1. The maximum absolute atomic E-state index is 11.0. The van der Waals surface area contributed by atoms with Crippen molar-refractivity contribution < 1.29 is 24.3 Å². The second-order valence-electron chi connectivity index (χ2n) is 2.46. The van der Waals surface area contributed by atoms with Crippen LogP contribution in [0.3, 0.4) is 0 Å². The number of hydrogen-bond donors (Lipinski definition) is 1. The SMILES string of the molecule is CCC(=O)C(C)=NOC(OC)C(=O)O. The van der Waals surface area contributed by atoms with Gasteiger partial charge in [-0.2, -0.15) is 0 Å². The lowest BCUT2D eigenvalue weighted by Gasteiger charge is -2.07. The summed E-state index contributed by atoms with van der Waals surface area (Å²) in [6.07, 6.45) is -1.18. The van der Waals surface area contributed by atoms with E-state index >= 15 is 0 Å². The predicted octanol–water partition coefficient (Wildman–Crippen LogP) is 0.415. The highest BCUT2D eigenvalue weighted by molar-refractivity contribution is 6.38. The van der Waals surface area contributed by atoms with E-state index in [2.05, 4.69) is 14.7 Å². The number of ether oxygens (including phenoxy) is 1. The summed E-state index contributed by atoms with van der Waals surface area (Å²) in [4.78, 5) is 25.8. The number of methoxy groups -OCH3 is 1. The molecule has 0 spiro atoms. The van der Waals surface area contributed by atoms with E-state index in [0.717, 1.165) is 0 Å². The Morgan fingerprint density at radius 1 is 1.50 bits per heavy atom. The maximum Gasteiger partial charge on any atom is 0.376 e. The molecule has 0 aromatic rings. The summed E-state index contributed by atoms with van der Waals surface area (Å²) in [5.74, 6) is -1.50. The van der Waals surface area contributed by atoms with E-state index in [1.165, 1.54) is 14.0 Å². The lowest BCUT2D eigenvalue weighted by Crippen LogP contribution is -2.24. The molecule has 0 saturated heterocycles. The molecule has 1 atom stereocenters. The van der Waals surface area contributed by atoms with Gasteiger partial charge < -0.3 is 14.7 Å². The number of hydrogen-bond acceptors (Lipinski definition) is 5. The highest BCUT2D eigenvalue weighted by Crippen LogP contribution is 1.96. The number of rotatable bonds is 6. The largest absolute Gasteiger partial charge is 0.477 e. The molecule has 0 aliphatic carbocycles. The molecule has 0 aliphatic rings. The van der Waals surface area contributed by atoms with Gasteiger partial charge in [0.15, 0.2) is 5.78 Å². The summed E-state index contributed by atoms with van der Waals surface area (Å²) in [5.41, 5.74) is 0.121. The zero-order valence-electron chi connectivity index (χ0n) is 8.31. The van der Waals surface area contributed by atoms with Gasteiger partial charge in [0.25, 0.3) is 0 Å². The van der Waals surface area contributed by atoms with Crippen molar-refractivity contribution in [1.82, 2.24) is 0 Å². The molecule has 0 saturated carbocycles. The Morgan fingerprint density at radius 3 is 2.43 bits per heavy atom. The average Bonchev–Trinajstić information content (AvgIpc) is 2.16. The number of carbonyl (C=O) groups is 2. The molecular formula is C8H13NO5. The fraction of sp³-hybridized carbons (Fsp3) is 0.625. The Labute approximate surface area is 81.5 Å². The van der Waals surface area contributed by atoms with Gasteiger partial charge in [0, 0.05) is 13.5 Å². The van der Waals surface area contributed by atoms with Crippen LogP contribution in [0.2, 0.25) is 0 Å². The minimum atomic E-state index is -1.48. The van der Waals surface area contributed by atoms with Gasteiger partial charge in [-0.3, -0.25) is 4.79 Å². The quantitative estimate of drug-likeness (QED) is 0.384. The molecule has 0 radical (unpaired) electrons. The number of nitrogens with zero attached hydrogens (tertiary/aromatic N) is 1. The zero-order chi connectivity index (χ0) is 11.1. The van der Waals surface area contributed by atoms with E-state index in [9.17, 15) is 9.59 Å². The zero-order valence-corrected chi connectivity index (χ0v) is 8.31. The minimum Gasteiger partial charge on any atom is -0.477 e. The summed E-state index contributed by atoms with van der Waals surface area (Å²) in [5, 5.41) is 11.8. The topological polar surface area (TPSA) is 85.2 Å². The molecule has 0 heterocycles. The first-order chi connectivity index (χ1) is 6.52. The van der Waals surface area contributed by atoms with Crippen molar-refractivity contribution in [2.75, 3.05) is 7.11 Å². The van der Waals surface area contributed by atoms with Gasteiger partial charge in [0.2, 0.25) is 0 Å². The molecule has 0 bridgehead atoms. The molecule has 1 N–H and O–H groups in total. The molecule has 0 rings (SSSR count). The second-order valence-corrected chi connectivity index (χ2v) is 2.46. The van der Waals surface area contributed by atoms with Crippen LogP contribution in [-0.4, -0.2) is 36.0 Å². The van der Waals surface area contributed by atoms with Gasteiger partial charge in [-0.25, -0.2) is 4.79 Å². The second kappa shape index (κ2) is 6.09. The molecule has 6 heteroatoms. The van der Waals surface area contributed by atoms with E-state index < -0.39 is 12.3 Å². The van der Waals surface area contributed by atoms with Crippen LogP contribution >= 0.6 is 0 Å². The first-order valence-electron chi connectivity index (χ1n) is 4.02. The number of carboxylic acid groups (broad SMARTS) is 1. The molecule has 14 heavy (non-hydrogen) atoms. The number of ketones is 1. The van der Waals surface area contributed by atoms with Gasteiger partial charge in [-0.1, -0.05) is 12.1 Å². The van der Waals surface area contributed by atoms with Crippen LogP contribution in [0.15, 0.2) is 5.16 Å². The summed E-state index contributed by atoms with van der Waals surface area (Å²) < 4.78 is 4.44. The van der Waals surface area contributed by atoms with Crippen molar-refractivity contribution >= 4 is 17.5 Å². The molecular weight excluding hydrogens is 190 g/mol. The van der Waals surface area contributed by atoms with Gasteiger partial charge in [0.1, 0.15) is 5.71 Å². The third kappa shape index (κ3) is 3.99. The van der Waals surface area contributed by atoms with E-state index in [0.29, 0.717) is 6.42 Å². The molecule has 0 aliphatic heterocycles. The molecule has 0 fully saturated rings. The Morgan fingerprint density at radius 2 is 2.07 bits per heavy atom. The summed E-state index contributed by atoms with van der Waals surface area (Å²) in [7, 11) is 1.17. The Kier molecular flexibility index (Phi) is 5.47. The average molecular weight is 203 g/mol. The van der Waals surface area contributed by atoms with E-state index in [1.54, 1.807) is 6.92 Å². The van der Waals surface area contributed by atoms with Crippen LogP contribution in [0.1, 0.15) is 20.3 Å². The Hall–Kier alpha value is -1.43. The van der Waals surface area contributed by atoms with Crippen molar-refractivity contribution in [3.63, 3.8) is 0 Å². The first kappa shape index (κ1) is 12.6. The summed E-state index contributed by atoms with van der Waals surface area (Å²) in [6, 6.07) is 0. The first-order valence-corrected chi connectivity index (χ1v) is 4.02. The third-order valence-electron chi connectivity index (χ3n) is 1.43. The standard InChI is InChI=1S/C8H13NO5/c1-4-6(10)5(2)9-14-8(13-3)7(11)12/h8H,4H2,1-3H3,(H,11,12). The monoisotopic (exact) mass is 203 g/mol. The van der Waals surface area contributed by atoms with Gasteiger partial charge >= 0.3 is 12.3 Å². The molecule has 0 aromatic heterocycles. The number of carbonyl (C=O) groups excluding carboxylic acids is 1. The number of oxime groups is 1. The van der Waals surface area contributed by atoms with Crippen LogP contribution in [0.5, 0.6) is 0 Å². The molecule has 80 valence electrons. The number of Topliss-reactive ketones (excluding diaryl/α,β-unsaturated/α-hetero) is 1. The van der Waals surface area contributed by atoms with Crippen LogP contribution in [0, 0.1) is 0 Å². The Balaban J connectivity index is 4.25. The Bertz CT molecular complexity index is 248. The fourth-order valence-electron chi connectivity index (χ4n) is 0.623. The van der Waals surface area contributed by atoms with Gasteiger partial charge in [-0.15, -0.1) is 0 Å².